The Morgan fingerprint density at radius 1 is 0.907 bits per heavy atom. The summed E-state index contributed by atoms with van der Waals surface area (Å²) in [7, 11) is 0. The van der Waals surface area contributed by atoms with Crippen molar-refractivity contribution >= 4 is 17.7 Å². The monoisotopic (exact) mass is 597 g/mol. The van der Waals surface area contributed by atoms with Gasteiger partial charge in [0.05, 0.1) is 24.7 Å². The molecule has 1 amide bonds. The van der Waals surface area contributed by atoms with Crippen LogP contribution in [0.25, 0.3) is 6.08 Å². The molecule has 2 aliphatic heterocycles. The van der Waals surface area contributed by atoms with E-state index in [-0.39, 0.29) is 24.5 Å². The lowest BCUT2D eigenvalue weighted by Gasteiger charge is -2.48. The molecule has 2 saturated heterocycles. The molecule has 9 nitrogen and oxygen atoms in total. The topological polar surface area (TPSA) is 151 Å². The van der Waals surface area contributed by atoms with Crippen molar-refractivity contribution in [3.05, 3.63) is 101 Å². The zero-order valence-electron chi connectivity index (χ0n) is 22.9. The Labute approximate surface area is 246 Å². The highest BCUT2D eigenvalue weighted by Gasteiger charge is 2.49. The number of rotatable bonds is 9. The van der Waals surface area contributed by atoms with Crippen LogP contribution in [0.5, 0.6) is 5.75 Å². The summed E-state index contributed by atoms with van der Waals surface area (Å²) < 4.78 is 32.4. The van der Waals surface area contributed by atoms with E-state index in [1.54, 1.807) is 12.1 Å². The van der Waals surface area contributed by atoms with Gasteiger partial charge in [-0.1, -0.05) is 36.4 Å². The third-order valence-corrected chi connectivity index (χ3v) is 8.11. The number of ether oxygens (including phenoxy) is 1. The first-order chi connectivity index (χ1) is 20.6. The maximum Gasteiger partial charge on any atom is 0.233 e. The zero-order chi connectivity index (χ0) is 30.8. The molecule has 0 spiro atoms. The number of anilines is 1. The quantitative estimate of drug-likeness (QED) is 0.206. The number of amides is 1. The van der Waals surface area contributed by atoms with Gasteiger partial charge in [-0.05, 0) is 66.4 Å². The average molecular weight is 598 g/mol. The minimum absolute atomic E-state index is 0.135. The number of aliphatic hydroxyl groups is 5. The van der Waals surface area contributed by atoms with E-state index in [0.717, 1.165) is 0 Å². The summed E-state index contributed by atoms with van der Waals surface area (Å²) >= 11 is 0. The van der Waals surface area contributed by atoms with Gasteiger partial charge in [0, 0.05) is 11.3 Å². The number of β-lactam (4-membered cyclic amide) rings is 1. The molecule has 5 rings (SSSR count). The Hall–Kier alpha value is -3.71. The number of nitrogens with zero attached hydrogens (tertiary/aromatic N) is 1. The number of benzene rings is 3. The highest BCUT2D eigenvalue weighted by molar-refractivity contribution is 6.03. The van der Waals surface area contributed by atoms with Crippen molar-refractivity contribution in [3.63, 3.8) is 0 Å². The first kappa shape index (κ1) is 30.7. The zero-order valence-corrected chi connectivity index (χ0v) is 22.9. The molecule has 6 N–H and O–H groups in total. The van der Waals surface area contributed by atoms with E-state index in [2.05, 4.69) is 0 Å². The summed E-state index contributed by atoms with van der Waals surface area (Å²) in [6.07, 6.45) is -4.03. The molecule has 3 aromatic carbocycles. The molecule has 0 bridgehead atoms. The van der Waals surface area contributed by atoms with Gasteiger partial charge in [-0.25, -0.2) is 8.78 Å². The van der Waals surface area contributed by atoms with Gasteiger partial charge in [-0.2, -0.15) is 0 Å². The van der Waals surface area contributed by atoms with Crippen LogP contribution in [0.2, 0.25) is 0 Å². The summed E-state index contributed by atoms with van der Waals surface area (Å²) in [6, 6.07) is 15.0. The van der Waals surface area contributed by atoms with Crippen LogP contribution in [0.4, 0.5) is 14.5 Å². The van der Waals surface area contributed by atoms with Gasteiger partial charge in [0.25, 0.3) is 0 Å². The van der Waals surface area contributed by atoms with Crippen LogP contribution in [0, 0.1) is 17.6 Å². The van der Waals surface area contributed by atoms with E-state index < -0.39 is 66.8 Å². The van der Waals surface area contributed by atoms with Gasteiger partial charge in [0.15, 0.2) is 0 Å². The molecule has 0 radical (unpaired) electrons. The van der Waals surface area contributed by atoms with Gasteiger partial charge in [-0.15, -0.1) is 0 Å². The van der Waals surface area contributed by atoms with Gasteiger partial charge >= 0.3 is 0 Å². The molecule has 0 saturated carbocycles. The lowest BCUT2D eigenvalue weighted by Crippen LogP contribution is -2.57. The fraction of sp³-hybridized carbons (Fsp3) is 0.344. The Kier molecular flexibility index (Phi) is 9.21. The largest absolute Gasteiger partial charge is 0.508 e. The first-order valence-electron chi connectivity index (χ1n) is 13.9. The van der Waals surface area contributed by atoms with Gasteiger partial charge in [0.2, 0.25) is 5.91 Å². The number of phenolic OH excluding ortho intramolecular Hbond substituents is 1. The van der Waals surface area contributed by atoms with Crippen LogP contribution >= 0.6 is 0 Å². The molecular weight excluding hydrogens is 564 g/mol. The number of hydrogen-bond acceptors (Lipinski definition) is 8. The number of hydrogen-bond donors (Lipinski definition) is 6. The Bertz CT molecular complexity index is 1450. The molecule has 2 unspecified atom stereocenters. The summed E-state index contributed by atoms with van der Waals surface area (Å²) in [4.78, 5) is 14.8. The lowest BCUT2D eigenvalue weighted by molar-refractivity contribution is -0.216. The average Bonchev–Trinajstić information content (AvgIpc) is 3.00. The lowest BCUT2D eigenvalue weighted by atomic mass is 9.77. The van der Waals surface area contributed by atoms with E-state index >= 15 is 0 Å². The third-order valence-electron chi connectivity index (χ3n) is 8.11. The molecule has 2 aliphatic rings. The smallest absolute Gasteiger partial charge is 0.233 e. The minimum Gasteiger partial charge on any atom is -0.508 e. The molecule has 2 heterocycles. The Balaban J connectivity index is 1.37. The molecule has 228 valence electrons. The Morgan fingerprint density at radius 2 is 1.56 bits per heavy atom. The van der Waals surface area contributed by atoms with Crippen molar-refractivity contribution in [3.8, 4) is 5.75 Å². The van der Waals surface area contributed by atoms with E-state index in [1.165, 1.54) is 71.6 Å². The fourth-order valence-electron chi connectivity index (χ4n) is 5.67. The number of aromatic hydroxyl groups is 1. The minimum atomic E-state index is -1.52. The van der Waals surface area contributed by atoms with Gasteiger partial charge < -0.3 is 40.3 Å². The van der Waals surface area contributed by atoms with Crippen LogP contribution in [-0.4, -0.2) is 73.7 Å². The maximum atomic E-state index is 13.6. The highest BCUT2D eigenvalue weighted by atomic mass is 19.1. The second-order valence-corrected chi connectivity index (χ2v) is 10.9. The number of carbonyl (C=O) groups excluding carboxylic acids is 1. The SMILES string of the molecule is O=C1[C@H](CC[C@H](O)c2ccc(F)cc2)[C@@H](c2ccc(/C=C/[C@@H]3OC(CO)[C@@H](O)[C@H](O)C3O)cc2O)N1c1ccc(F)cc1. The van der Waals surface area contributed by atoms with Crippen LogP contribution < -0.4 is 4.90 Å². The molecule has 0 aliphatic carbocycles. The van der Waals surface area contributed by atoms with Crippen LogP contribution in [0.3, 0.4) is 0 Å². The van der Waals surface area contributed by atoms with Gasteiger partial charge in [-0.3, -0.25) is 4.79 Å². The molecule has 11 heteroatoms. The van der Waals surface area contributed by atoms with Crippen molar-refractivity contribution in [2.45, 2.75) is 55.5 Å². The summed E-state index contributed by atoms with van der Waals surface area (Å²) in [5, 5.41) is 61.4. The highest BCUT2D eigenvalue weighted by Crippen LogP contribution is 2.48. The Morgan fingerprint density at radius 3 is 2.19 bits per heavy atom. The van der Waals surface area contributed by atoms with Crippen LogP contribution in [0.15, 0.2) is 72.8 Å². The maximum absolute atomic E-state index is 13.6. The van der Waals surface area contributed by atoms with Gasteiger partial charge in [0.1, 0.15) is 47.9 Å². The second-order valence-electron chi connectivity index (χ2n) is 10.9. The van der Waals surface area contributed by atoms with Crippen molar-refractivity contribution in [1.82, 2.24) is 0 Å². The summed E-state index contributed by atoms with van der Waals surface area (Å²) in [5.74, 6) is -1.90. The first-order valence-corrected chi connectivity index (χ1v) is 13.9. The second kappa shape index (κ2) is 12.9. The van der Waals surface area contributed by atoms with E-state index in [4.69, 9.17) is 4.74 Å². The van der Waals surface area contributed by atoms with Crippen molar-refractivity contribution in [2.75, 3.05) is 11.5 Å². The predicted octanol–water partition coefficient (Wildman–Crippen LogP) is 2.74. The molecular formula is C32H33F2NO8. The van der Waals surface area contributed by atoms with E-state index in [0.29, 0.717) is 22.4 Å². The van der Waals surface area contributed by atoms with Crippen molar-refractivity contribution in [2.24, 2.45) is 5.92 Å². The normalized spacial score (nSPS) is 28.2. The van der Waals surface area contributed by atoms with E-state index in [1.807, 2.05) is 0 Å². The summed E-state index contributed by atoms with van der Waals surface area (Å²) in [5.41, 5.74) is 1.88. The van der Waals surface area contributed by atoms with Crippen molar-refractivity contribution in [1.29, 1.82) is 0 Å². The molecule has 43 heavy (non-hydrogen) atoms. The molecule has 8 atom stereocenters. The van der Waals surface area contributed by atoms with Crippen LogP contribution in [-0.2, 0) is 9.53 Å². The van der Waals surface area contributed by atoms with E-state index in [9.17, 15) is 44.2 Å². The standard InChI is InChI=1S/C32H33F2NO8/c33-19-5-3-18(4-6-19)24(37)13-12-23-28(35(32(23)42)21-9-7-20(34)8-10-21)22-11-1-17(15-25(22)38)2-14-26-29(39)31(41)30(40)27(16-36)43-26/h1-11,14-15,23-24,26-31,36-41H,12-13,16H2/b14-2+/t23-,24+,26+,27?,28-,29?,30-,31-/m1/s1. The fourth-order valence-corrected chi connectivity index (χ4v) is 5.67. The van der Waals surface area contributed by atoms with Crippen molar-refractivity contribution < 1.29 is 49.0 Å². The molecule has 3 aromatic rings. The number of aliphatic hydroxyl groups excluding tert-OH is 5. The molecule has 0 aromatic heterocycles. The number of phenols is 1. The summed E-state index contributed by atoms with van der Waals surface area (Å²) in [6.45, 7) is -0.558. The number of halogens is 2. The number of carbonyl (C=O) groups is 1. The third kappa shape index (κ3) is 6.32. The van der Waals surface area contributed by atoms with Crippen LogP contribution in [0.1, 0.15) is 41.7 Å². The predicted molar refractivity (Wildman–Crippen MR) is 152 cm³/mol. The molecule has 2 fully saturated rings.